The SMILES string of the molecule is Clc1nc(NC2CC=CCC2)nc(-n2cccn2)n1. The minimum Gasteiger partial charge on any atom is -0.351 e. The van der Waals surface area contributed by atoms with E-state index < -0.39 is 0 Å². The van der Waals surface area contributed by atoms with Crippen LogP contribution in [-0.2, 0) is 0 Å². The van der Waals surface area contributed by atoms with Gasteiger partial charge in [0.25, 0.3) is 5.95 Å². The minimum absolute atomic E-state index is 0.161. The van der Waals surface area contributed by atoms with Crippen LogP contribution in [-0.4, -0.2) is 30.8 Å². The zero-order valence-electron chi connectivity index (χ0n) is 10.2. The molecule has 19 heavy (non-hydrogen) atoms. The Bertz CT molecular complexity index is 580. The van der Waals surface area contributed by atoms with Gasteiger partial charge >= 0.3 is 0 Å². The molecule has 0 aliphatic heterocycles. The molecule has 3 rings (SSSR count). The molecular formula is C12H13ClN6. The highest BCUT2D eigenvalue weighted by Crippen LogP contribution is 2.16. The fraction of sp³-hybridized carbons (Fsp3) is 0.333. The lowest BCUT2D eigenvalue weighted by Crippen LogP contribution is -2.22. The summed E-state index contributed by atoms with van der Waals surface area (Å²) in [6.45, 7) is 0. The number of nitrogens with one attached hydrogen (secondary N) is 1. The number of anilines is 1. The number of rotatable bonds is 3. The number of aromatic nitrogens is 5. The predicted octanol–water partition coefficient (Wildman–Crippen LogP) is 2.23. The Balaban J connectivity index is 1.83. The fourth-order valence-electron chi connectivity index (χ4n) is 2.00. The van der Waals surface area contributed by atoms with Crippen molar-refractivity contribution in [3.63, 3.8) is 0 Å². The van der Waals surface area contributed by atoms with E-state index in [1.165, 1.54) is 0 Å². The lowest BCUT2D eigenvalue weighted by atomic mass is 10.0. The van der Waals surface area contributed by atoms with Gasteiger partial charge in [0.2, 0.25) is 11.2 Å². The van der Waals surface area contributed by atoms with E-state index in [-0.39, 0.29) is 5.28 Å². The fourth-order valence-corrected chi connectivity index (χ4v) is 2.16. The third-order valence-electron chi connectivity index (χ3n) is 2.91. The normalized spacial score (nSPS) is 18.5. The molecule has 6 nitrogen and oxygen atoms in total. The average Bonchev–Trinajstić information content (AvgIpc) is 2.93. The summed E-state index contributed by atoms with van der Waals surface area (Å²) in [5, 5.41) is 7.53. The Morgan fingerprint density at radius 3 is 2.95 bits per heavy atom. The summed E-state index contributed by atoms with van der Waals surface area (Å²) in [7, 11) is 0. The highest BCUT2D eigenvalue weighted by Gasteiger charge is 2.13. The van der Waals surface area contributed by atoms with Crippen LogP contribution in [0.4, 0.5) is 5.95 Å². The van der Waals surface area contributed by atoms with Gasteiger partial charge in [-0.1, -0.05) is 12.2 Å². The van der Waals surface area contributed by atoms with Crippen molar-refractivity contribution in [3.05, 3.63) is 35.9 Å². The van der Waals surface area contributed by atoms with Crippen LogP contribution in [0.2, 0.25) is 5.28 Å². The van der Waals surface area contributed by atoms with Crippen LogP contribution in [0.3, 0.4) is 0 Å². The molecular weight excluding hydrogens is 264 g/mol. The van der Waals surface area contributed by atoms with Gasteiger partial charge in [0.15, 0.2) is 0 Å². The van der Waals surface area contributed by atoms with E-state index in [1.54, 1.807) is 23.1 Å². The summed E-state index contributed by atoms with van der Waals surface area (Å²) < 4.78 is 1.56. The summed E-state index contributed by atoms with van der Waals surface area (Å²) in [6, 6.07) is 2.14. The monoisotopic (exact) mass is 276 g/mol. The number of hydrogen-bond donors (Lipinski definition) is 1. The first-order chi connectivity index (χ1) is 9.31. The second-order valence-electron chi connectivity index (χ2n) is 4.30. The zero-order chi connectivity index (χ0) is 13.1. The van der Waals surface area contributed by atoms with Crippen molar-refractivity contribution in [1.29, 1.82) is 0 Å². The smallest absolute Gasteiger partial charge is 0.256 e. The molecule has 98 valence electrons. The number of nitrogens with zero attached hydrogens (tertiary/aromatic N) is 5. The van der Waals surface area contributed by atoms with Crippen molar-refractivity contribution in [1.82, 2.24) is 24.7 Å². The Morgan fingerprint density at radius 1 is 1.26 bits per heavy atom. The van der Waals surface area contributed by atoms with Crippen LogP contribution >= 0.6 is 11.6 Å². The maximum Gasteiger partial charge on any atom is 0.256 e. The lowest BCUT2D eigenvalue weighted by Gasteiger charge is -2.19. The molecule has 0 bridgehead atoms. The van der Waals surface area contributed by atoms with Crippen LogP contribution in [0.25, 0.3) is 5.95 Å². The van der Waals surface area contributed by atoms with Gasteiger partial charge in [0.05, 0.1) is 0 Å². The van der Waals surface area contributed by atoms with Crippen molar-refractivity contribution in [2.75, 3.05) is 5.32 Å². The van der Waals surface area contributed by atoms with Crippen molar-refractivity contribution >= 4 is 17.5 Å². The van der Waals surface area contributed by atoms with E-state index in [0.717, 1.165) is 19.3 Å². The molecule has 1 N–H and O–H groups in total. The van der Waals surface area contributed by atoms with E-state index in [4.69, 9.17) is 11.6 Å². The first kappa shape index (κ1) is 12.1. The summed E-state index contributed by atoms with van der Waals surface area (Å²) in [5.41, 5.74) is 0. The largest absolute Gasteiger partial charge is 0.351 e. The summed E-state index contributed by atoms with van der Waals surface area (Å²) in [6.07, 6.45) is 10.9. The van der Waals surface area contributed by atoms with Gasteiger partial charge in [0.1, 0.15) is 0 Å². The second-order valence-corrected chi connectivity index (χ2v) is 4.64. The molecule has 2 aromatic rings. The molecule has 2 heterocycles. The number of halogens is 1. The van der Waals surface area contributed by atoms with Gasteiger partial charge in [-0.3, -0.25) is 0 Å². The Hall–Kier alpha value is -1.95. The quantitative estimate of drug-likeness (QED) is 0.871. The highest BCUT2D eigenvalue weighted by molar-refractivity contribution is 6.28. The topological polar surface area (TPSA) is 68.5 Å². The molecule has 0 saturated carbocycles. The first-order valence-electron chi connectivity index (χ1n) is 6.14. The van der Waals surface area contributed by atoms with Crippen molar-refractivity contribution in [2.45, 2.75) is 25.3 Å². The van der Waals surface area contributed by atoms with Gasteiger partial charge in [-0.15, -0.1) is 0 Å². The molecule has 1 unspecified atom stereocenters. The molecule has 1 atom stereocenters. The van der Waals surface area contributed by atoms with Gasteiger partial charge in [-0.05, 0) is 36.9 Å². The molecule has 2 aromatic heterocycles. The molecule has 1 aliphatic carbocycles. The van der Waals surface area contributed by atoms with Crippen molar-refractivity contribution < 1.29 is 0 Å². The van der Waals surface area contributed by atoms with Crippen LogP contribution in [0.15, 0.2) is 30.6 Å². The zero-order valence-corrected chi connectivity index (χ0v) is 11.0. The maximum absolute atomic E-state index is 5.93. The van der Waals surface area contributed by atoms with Crippen LogP contribution < -0.4 is 5.32 Å². The van der Waals surface area contributed by atoms with E-state index >= 15 is 0 Å². The summed E-state index contributed by atoms with van der Waals surface area (Å²) >= 11 is 5.93. The number of hydrogen-bond acceptors (Lipinski definition) is 5. The van der Waals surface area contributed by atoms with Crippen molar-refractivity contribution in [3.8, 4) is 5.95 Å². The van der Waals surface area contributed by atoms with Crippen LogP contribution in [0.1, 0.15) is 19.3 Å². The molecule has 0 aromatic carbocycles. The van der Waals surface area contributed by atoms with E-state index in [9.17, 15) is 0 Å². The van der Waals surface area contributed by atoms with Crippen LogP contribution in [0.5, 0.6) is 0 Å². The average molecular weight is 277 g/mol. The molecule has 0 saturated heterocycles. The molecule has 0 radical (unpaired) electrons. The third kappa shape index (κ3) is 2.90. The van der Waals surface area contributed by atoms with Crippen molar-refractivity contribution in [2.24, 2.45) is 0 Å². The van der Waals surface area contributed by atoms with Crippen LogP contribution in [0, 0.1) is 0 Å². The standard InChI is InChI=1S/C12H13ClN6/c13-10-16-11(15-9-5-2-1-3-6-9)18-12(17-10)19-8-4-7-14-19/h1-2,4,7-9H,3,5-6H2,(H,15,16,17,18). The van der Waals surface area contributed by atoms with E-state index in [2.05, 4.69) is 37.5 Å². The Labute approximate surface area is 115 Å². The van der Waals surface area contributed by atoms with Gasteiger partial charge in [-0.25, -0.2) is 4.68 Å². The second kappa shape index (κ2) is 5.36. The molecule has 0 fully saturated rings. The Kier molecular flexibility index (Phi) is 3.41. The summed E-state index contributed by atoms with van der Waals surface area (Å²) in [4.78, 5) is 12.5. The molecule has 0 amide bonds. The minimum atomic E-state index is 0.161. The maximum atomic E-state index is 5.93. The first-order valence-corrected chi connectivity index (χ1v) is 6.52. The number of allylic oxidation sites excluding steroid dienone is 1. The summed E-state index contributed by atoms with van der Waals surface area (Å²) in [5.74, 6) is 0.907. The molecule has 7 heteroatoms. The molecule has 0 spiro atoms. The highest BCUT2D eigenvalue weighted by atomic mass is 35.5. The Morgan fingerprint density at radius 2 is 2.21 bits per heavy atom. The molecule has 1 aliphatic rings. The van der Waals surface area contributed by atoms with E-state index in [1.807, 2.05) is 0 Å². The van der Waals surface area contributed by atoms with E-state index in [0.29, 0.717) is 17.9 Å². The van der Waals surface area contributed by atoms with Gasteiger partial charge in [-0.2, -0.15) is 20.1 Å². The third-order valence-corrected chi connectivity index (χ3v) is 3.08. The van der Waals surface area contributed by atoms with Gasteiger partial charge in [0, 0.05) is 18.4 Å². The van der Waals surface area contributed by atoms with Gasteiger partial charge < -0.3 is 5.32 Å². The predicted molar refractivity (Wildman–Crippen MR) is 72.4 cm³/mol. The lowest BCUT2D eigenvalue weighted by molar-refractivity contribution is 0.636.